The van der Waals surface area contributed by atoms with E-state index in [4.69, 9.17) is 18.0 Å². The van der Waals surface area contributed by atoms with Crippen molar-refractivity contribution in [3.8, 4) is 0 Å². The van der Waals surface area contributed by atoms with E-state index in [-0.39, 0.29) is 0 Å². The molecule has 156 valence electrons. The Morgan fingerprint density at radius 3 is 1.46 bits per heavy atom. The van der Waals surface area contributed by atoms with Crippen LogP contribution in [0.15, 0.2) is 12.3 Å². The van der Waals surface area contributed by atoms with Crippen LogP contribution in [0.1, 0.15) is 91.9 Å². The van der Waals surface area contributed by atoms with Crippen molar-refractivity contribution in [1.82, 2.24) is 0 Å². The van der Waals surface area contributed by atoms with Crippen LogP contribution in [0.5, 0.6) is 0 Å². The molecule has 0 aliphatic heterocycles. The van der Waals surface area contributed by atoms with Gasteiger partial charge in [0.15, 0.2) is 0 Å². The first-order valence-corrected chi connectivity index (χ1v) is 12.8. The van der Waals surface area contributed by atoms with Gasteiger partial charge in [-0.25, -0.2) is 0 Å². The quantitative estimate of drug-likeness (QED) is 0.136. The number of unbranched alkanes of at least 4 members (excludes halogenated alkanes) is 9. The van der Waals surface area contributed by atoms with E-state index in [1.54, 1.807) is 6.26 Å². The van der Waals surface area contributed by atoms with Crippen LogP contribution in [0.3, 0.4) is 0 Å². The van der Waals surface area contributed by atoms with Gasteiger partial charge in [0.25, 0.3) is 0 Å². The highest BCUT2D eigenvalue weighted by atomic mass is 28.4. The van der Waals surface area contributed by atoms with E-state index < -0.39 is 8.80 Å². The Kier molecular flexibility index (Phi) is 19.1. The van der Waals surface area contributed by atoms with Gasteiger partial charge >= 0.3 is 8.80 Å². The molecule has 0 N–H and O–H groups in total. The summed E-state index contributed by atoms with van der Waals surface area (Å²) in [6.45, 7) is 10.9. The molecule has 0 aliphatic rings. The van der Waals surface area contributed by atoms with E-state index in [0.29, 0.717) is 19.8 Å². The molecule has 0 aromatic carbocycles. The van der Waals surface area contributed by atoms with E-state index in [9.17, 15) is 0 Å². The zero-order valence-electron chi connectivity index (χ0n) is 17.9. The topological polar surface area (TPSA) is 36.9 Å². The second kappa shape index (κ2) is 19.4. The molecule has 0 fully saturated rings. The van der Waals surface area contributed by atoms with Gasteiger partial charge in [-0.1, -0.05) is 57.4 Å². The third-order valence-corrected chi connectivity index (χ3v) is 7.47. The lowest BCUT2D eigenvalue weighted by Crippen LogP contribution is -2.45. The Morgan fingerprint density at radius 1 is 0.615 bits per heavy atom. The largest absolute Gasteiger partial charge is 0.502 e. The minimum absolute atomic E-state index is 0.674. The fourth-order valence-electron chi connectivity index (χ4n) is 3.11. The second-order valence-corrected chi connectivity index (χ2v) is 9.34. The maximum atomic E-state index is 5.91. The summed E-state index contributed by atoms with van der Waals surface area (Å²) in [5, 5.41) is 0. The first kappa shape index (κ1) is 25.6. The van der Waals surface area contributed by atoms with E-state index in [1.807, 2.05) is 33.8 Å². The molecule has 0 radical (unpaired) electrons. The van der Waals surface area contributed by atoms with Gasteiger partial charge in [0.1, 0.15) is 0 Å². The predicted molar refractivity (Wildman–Crippen MR) is 112 cm³/mol. The fourth-order valence-corrected chi connectivity index (χ4v) is 5.79. The van der Waals surface area contributed by atoms with Gasteiger partial charge in [-0.2, -0.15) is 0 Å². The summed E-state index contributed by atoms with van der Waals surface area (Å²) >= 11 is 0. The molecule has 5 heteroatoms. The monoisotopic (exact) mass is 388 g/mol. The molecular formula is C21H44O4Si. The first-order valence-electron chi connectivity index (χ1n) is 10.9. The van der Waals surface area contributed by atoms with Gasteiger partial charge in [-0.15, -0.1) is 0 Å². The molecule has 26 heavy (non-hydrogen) atoms. The van der Waals surface area contributed by atoms with Crippen LogP contribution in [0, 0.1) is 0 Å². The zero-order chi connectivity index (χ0) is 19.3. The van der Waals surface area contributed by atoms with Crippen molar-refractivity contribution < 1.29 is 18.0 Å². The van der Waals surface area contributed by atoms with Gasteiger partial charge in [0, 0.05) is 25.9 Å². The molecule has 0 aromatic heterocycles. The number of rotatable bonds is 20. The third-order valence-electron chi connectivity index (χ3n) is 4.32. The Hall–Kier alpha value is -0.363. The summed E-state index contributed by atoms with van der Waals surface area (Å²) < 4.78 is 23.0. The number of hydrogen-bond donors (Lipinski definition) is 0. The van der Waals surface area contributed by atoms with Gasteiger partial charge < -0.3 is 18.0 Å². The molecule has 4 nitrogen and oxygen atoms in total. The van der Waals surface area contributed by atoms with Crippen molar-refractivity contribution in [2.75, 3.05) is 26.4 Å². The summed E-state index contributed by atoms with van der Waals surface area (Å²) in [5.74, 6) is 0. The average Bonchev–Trinajstić information content (AvgIpc) is 2.63. The summed E-state index contributed by atoms with van der Waals surface area (Å²) in [6, 6.07) is 0.956. The molecule has 0 saturated heterocycles. The van der Waals surface area contributed by atoms with Crippen LogP contribution in [-0.2, 0) is 18.0 Å². The smallest absolute Gasteiger partial charge is 0.500 e. The molecule has 0 unspecified atom stereocenters. The molecule has 0 spiro atoms. The lowest BCUT2D eigenvalue weighted by molar-refractivity contribution is 0.0706. The number of hydrogen-bond acceptors (Lipinski definition) is 4. The van der Waals surface area contributed by atoms with Gasteiger partial charge in [0.05, 0.1) is 12.9 Å². The third kappa shape index (κ3) is 14.8. The fraction of sp³-hybridized carbons (Fsp3) is 0.905. The van der Waals surface area contributed by atoms with Crippen LogP contribution in [0.2, 0.25) is 6.04 Å². The molecular weight excluding hydrogens is 344 g/mol. The van der Waals surface area contributed by atoms with Crippen molar-refractivity contribution in [3.63, 3.8) is 0 Å². The standard InChI is InChI=1S/C21H44O4Si/c1-5-19-22-20-17-15-13-11-9-10-12-14-16-18-21-26(23-6-2,24-7-3)25-8-4/h5,19H,6-18,20-21H2,1-4H3. The van der Waals surface area contributed by atoms with Crippen LogP contribution in [0.4, 0.5) is 0 Å². The van der Waals surface area contributed by atoms with Crippen molar-refractivity contribution in [2.45, 2.75) is 97.9 Å². The van der Waals surface area contributed by atoms with Crippen LogP contribution < -0.4 is 0 Å². The van der Waals surface area contributed by atoms with E-state index in [0.717, 1.165) is 19.1 Å². The molecule has 0 aliphatic carbocycles. The highest BCUT2D eigenvalue weighted by Crippen LogP contribution is 2.21. The molecule has 0 heterocycles. The maximum Gasteiger partial charge on any atom is 0.500 e. The highest BCUT2D eigenvalue weighted by Gasteiger charge is 2.39. The van der Waals surface area contributed by atoms with Crippen molar-refractivity contribution >= 4 is 8.80 Å². The second-order valence-electron chi connectivity index (χ2n) is 6.61. The summed E-state index contributed by atoms with van der Waals surface area (Å²) in [6.07, 6.45) is 16.7. The predicted octanol–water partition coefficient (Wildman–Crippen LogP) is 6.49. The van der Waals surface area contributed by atoms with E-state index in [1.165, 1.54) is 57.8 Å². The van der Waals surface area contributed by atoms with Crippen molar-refractivity contribution in [1.29, 1.82) is 0 Å². The zero-order valence-corrected chi connectivity index (χ0v) is 18.9. The van der Waals surface area contributed by atoms with Crippen LogP contribution in [-0.4, -0.2) is 35.2 Å². The van der Waals surface area contributed by atoms with Gasteiger partial charge in [0.2, 0.25) is 0 Å². The first-order chi connectivity index (χ1) is 12.7. The summed E-state index contributed by atoms with van der Waals surface area (Å²) in [7, 11) is -2.41. The Labute approximate surface area is 164 Å². The SMILES string of the molecule is CC=COCCCCCCCCCCCC[Si](OCC)(OCC)OCC. The van der Waals surface area contributed by atoms with Gasteiger partial charge in [-0.3, -0.25) is 0 Å². The minimum atomic E-state index is -2.41. The van der Waals surface area contributed by atoms with Crippen molar-refractivity contribution in [2.24, 2.45) is 0 Å². The van der Waals surface area contributed by atoms with Gasteiger partial charge in [-0.05, 0) is 40.5 Å². The Balaban J connectivity index is 3.55. The highest BCUT2D eigenvalue weighted by molar-refractivity contribution is 6.60. The summed E-state index contributed by atoms with van der Waals surface area (Å²) in [5.41, 5.74) is 0. The van der Waals surface area contributed by atoms with E-state index >= 15 is 0 Å². The van der Waals surface area contributed by atoms with Crippen LogP contribution >= 0.6 is 0 Å². The normalized spacial score (nSPS) is 12.2. The van der Waals surface area contributed by atoms with Crippen molar-refractivity contribution in [3.05, 3.63) is 12.3 Å². The molecule has 0 bridgehead atoms. The Morgan fingerprint density at radius 2 is 1.04 bits per heavy atom. The van der Waals surface area contributed by atoms with Crippen LogP contribution in [0.25, 0.3) is 0 Å². The number of allylic oxidation sites excluding steroid dienone is 1. The lowest BCUT2D eigenvalue weighted by Gasteiger charge is -2.28. The van der Waals surface area contributed by atoms with E-state index in [2.05, 4.69) is 0 Å². The average molecular weight is 389 g/mol. The molecule has 0 rings (SSSR count). The molecule has 0 atom stereocenters. The Bertz CT molecular complexity index is 293. The maximum absolute atomic E-state index is 5.91. The lowest BCUT2D eigenvalue weighted by atomic mass is 10.1. The minimum Gasteiger partial charge on any atom is -0.502 e. The molecule has 0 aromatic rings. The molecule has 0 amide bonds. The summed E-state index contributed by atoms with van der Waals surface area (Å²) in [4.78, 5) is 0. The molecule has 0 saturated carbocycles. The number of ether oxygens (including phenoxy) is 1.